The van der Waals surface area contributed by atoms with Crippen molar-refractivity contribution < 1.29 is 19.4 Å². The zero-order chi connectivity index (χ0) is 15.4. The summed E-state index contributed by atoms with van der Waals surface area (Å²) in [6, 6.07) is 8.11. The first-order valence-corrected chi connectivity index (χ1v) is 6.44. The van der Waals surface area contributed by atoms with E-state index >= 15 is 0 Å². The van der Waals surface area contributed by atoms with E-state index in [2.05, 4.69) is 10.3 Å². The van der Waals surface area contributed by atoms with Crippen molar-refractivity contribution in [2.75, 3.05) is 11.9 Å². The Morgan fingerprint density at radius 1 is 1.33 bits per heavy atom. The van der Waals surface area contributed by atoms with Gasteiger partial charge >= 0.3 is 5.97 Å². The van der Waals surface area contributed by atoms with Gasteiger partial charge < -0.3 is 20.1 Å². The number of carbonyl (C=O) groups is 2. The molecule has 21 heavy (non-hydrogen) atoms. The molecule has 0 atom stereocenters. The summed E-state index contributed by atoms with van der Waals surface area (Å²) in [6.45, 7) is 1.47. The Morgan fingerprint density at radius 2 is 2.00 bits per heavy atom. The number of amides is 1. The lowest BCUT2D eigenvalue weighted by Gasteiger charge is -2.07. The van der Waals surface area contributed by atoms with E-state index in [9.17, 15) is 9.59 Å². The van der Waals surface area contributed by atoms with Crippen LogP contribution in [0.15, 0.2) is 30.3 Å². The molecule has 1 aromatic heterocycles. The molecule has 0 saturated carbocycles. The third kappa shape index (κ3) is 4.00. The summed E-state index contributed by atoms with van der Waals surface area (Å²) in [4.78, 5) is 25.4. The number of aromatic carboxylic acids is 1. The lowest BCUT2D eigenvalue weighted by molar-refractivity contribution is -0.118. The summed E-state index contributed by atoms with van der Waals surface area (Å²) in [5, 5.41) is 12.1. The summed E-state index contributed by atoms with van der Waals surface area (Å²) < 4.78 is 5.27. The van der Waals surface area contributed by atoms with E-state index in [0.29, 0.717) is 16.5 Å². The monoisotopic (exact) mass is 308 g/mol. The van der Waals surface area contributed by atoms with Crippen LogP contribution in [0, 0.1) is 6.92 Å². The Hall–Kier alpha value is -2.47. The summed E-state index contributed by atoms with van der Waals surface area (Å²) in [5.41, 5.74) is 0.790. The molecular formula is C14H13ClN2O4. The number of halogens is 1. The van der Waals surface area contributed by atoms with Gasteiger partial charge in [0.05, 0.1) is 5.69 Å². The number of carbonyl (C=O) groups excluding carboxylic acids is 1. The van der Waals surface area contributed by atoms with Gasteiger partial charge in [-0.05, 0) is 37.3 Å². The average molecular weight is 309 g/mol. The molecule has 0 spiro atoms. The van der Waals surface area contributed by atoms with Crippen LogP contribution in [0.3, 0.4) is 0 Å². The number of anilines is 1. The largest absolute Gasteiger partial charge is 0.484 e. The number of hydrogen-bond donors (Lipinski definition) is 3. The van der Waals surface area contributed by atoms with Gasteiger partial charge in [-0.2, -0.15) is 0 Å². The first kappa shape index (κ1) is 14.9. The van der Waals surface area contributed by atoms with E-state index in [1.54, 1.807) is 37.3 Å². The maximum Gasteiger partial charge on any atom is 0.354 e. The molecule has 0 radical (unpaired) electrons. The van der Waals surface area contributed by atoms with Gasteiger partial charge in [0.2, 0.25) is 0 Å². The molecular weight excluding hydrogens is 296 g/mol. The summed E-state index contributed by atoms with van der Waals surface area (Å²) in [6.07, 6.45) is 0. The number of aromatic nitrogens is 1. The third-order valence-electron chi connectivity index (χ3n) is 2.62. The molecule has 0 unspecified atom stereocenters. The molecule has 0 aliphatic heterocycles. The number of ether oxygens (including phenoxy) is 1. The minimum Gasteiger partial charge on any atom is -0.484 e. The molecule has 3 N–H and O–H groups in total. The van der Waals surface area contributed by atoms with E-state index in [0.717, 1.165) is 0 Å². The number of aryl methyl sites for hydroxylation is 1. The average Bonchev–Trinajstić information content (AvgIpc) is 2.79. The van der Waals surface area contributed by atoms with Crippen LogP contribution in [0.25, 0.3) is 0 Å². The predicted octanol–water partition coefficient (Wildman–Crippen LogP) is 2.69. The van der Waals surface area contributed by atoms with Gasteiger partial charge in [0.1, 0.15) is 11.4 Å². The second-order valence-corrected chi connectivity index (χ2v) is 4.77. The minimum atomic E-state index is -1.14. The molecule has 110 valence electrons. The molecule has 7 heteroatoms. The van der Waals surface area contributed by atoms with Gasteiger partial charge in [-0.15, -0.1) is 0 Å². The SMILES string of the molecule is Cc1cc(NC(=O)COc2ccc(Cl)cc2)c(C(=O)O)[nH]1. The zero-order valence-electron chi connectivity index (χ0n) is 11.1. The van der Waals surface area contributed by atoms with Crippen LogP contribution >= 0.6 is 11.6 Å². The fraction of sp³-hybridized carbons (Fsp3) is 0.143. The number of carboxylic acids is 1. The lowest BCUT2D eigenvalue weighted by Crippen LogP contribution is -2.21. The van der Waals surface area contributed by atoms with E-state index < -0.39 is 11.9 Å². The molecule has 0 bridgehead atoms. The fourth-order valence-electron chi connectivity index (χ4n) is 1.72. The van der Waals surface area contributed by atoms with Crippen molar-refractivity contribution in [1.29, 1.82) is 0 Å². The van der Waals surface area contributed by atoms with Crippen LogP contribution in [0.4, 0.5) is 5.69 Å². The van der Waals surface area contributed by atoms with E-state index in [4.69, 9.17) is 21.4 Å². The van der Waals surface area contributed by atoms with Crippen molar-refractivity contribution in [2.24, 2.45) is 0 Å². The number of benzene rings is 1. The van der Waals surface area contributed by atoms with Gasteiger partial charge in [0.25, 0.3) is 5.91 Å². The molecule has 0 aliphatic rings. The van der Waals surface area contributed by atoms with E-state index in [-0.39, 0.29) is 18.0 Å². The molecule has 1 amide bonds. The maximum atomic E-state index is 11.8. The Balaban J connectivity index is 1.96. The van der Waals surface area contributed by atoms with Gasteiger partial charge in [-0.25, -0.2) is 4.79 Å². The lowest BCUT2D eigenvalue weighted by atomic mass is 10.3. The Labute approximate surface area is 125 Å². The van der Waals surface area contributed by atoms with Crippen molar-refractivity contribution in [3.8, 4) is 5.75 Å². The summed E-state index contributed by atoms with van der Waals surface area (Å²) in [7, 11) is 0. The maximum absolute atomic E-state index is 11.8. The van der Waals surface area contributed by atoms with Crippen LogP contribution in [0.5, 0.6) is 5.75 Å². The second-order valence-electron chi connectivity index (χ2n) is 4.34. The topological polar surface area (TPSA) is 91.4 Å². The van der Waals surface area contributed by atoms with E-state index in [1.165, 1.54) is 0 Å². The molecule has 1 aromatic carbocycles. The van der Waals surface area contributed by atoms with Crippen LogP contribution in [0.2, 0.25) is 5.02 Å². The summed E-state index contributed by atoms with van der Waals surface area (Å²) >= 11 is 5.74. The van der Waals surface area contributed by atoms with Gasteiger partial charge in [0, 0.05) is 10.7 Å². The Morgan fingerprint density at radius 3 is 2.62 bits per heavy atom. The van der Waals surface area contributed by atoms with Gasteiger partial charge in [-0.3, -0.25) is 4.79 Å². The quantitative estimate of drug-likeness (QED) is 0.792. The number of carboxylic acid groups (broad SMARTS) is 1. The zero-order valence-corrected chi connectivity index (χ0v) is 11.9. The highest BCUT2D eigenvalue weighted by molar-refractivity contribution is 6.30. The van der Waals surface area contributed by atoms with Crippen molar-refractivity contribution in [3.63, 3.8) is 0 Å². The molecule has 2 aromatic rings. The number of H-pyrrole nitrogens is 1. The standard InChI is InChI=1S/C14H13ClN2O4/c1-8-6-11(13(16-8)14(19)20)17-12(18)7-21-10-4-2-9(15)3-5-10/h2-6,16H,7H2,1H3,(H,17,18)(H,19,20). The molecule has 0 fully saturated rings. The fourth-order valence-corrected chi connectivity index (χ4v) is 1.85. The normalized spacial score (nSPS) is 10.2. The first-order valence-electron chi connectivity index (χ1n) is 6.07. The molecule has 6 nitrogen and oxygen atoms in total. The number of nitrogens with one attached hydrogen (secondary N) is 2. The summed E-state index contributed by atoms with van der Waals surface area (Å²) in [5.74, 6) is -1.10. The second kappa shape index (κ2) is 6.32. The highest BCUT2D eigenvalue weighted by atomic mass is 35.5. The minimum absolute atomic E-state index is 0.0626. The van der Waals surface area contributed by atoms with Crippen LogP contribution < -0.4 is 10.1 Å². The van der Waals surface area contributed by atoms with Crippen molar-refractivity contribution in [2.45, 2.75) is 6.92 Å². The van der Waals surface area contributed by atoms with Gasteiger partial charge in [0.15, 0.2) is 6.61 Å². The number of aromatic amines is 1. The highest BCUT2D eigenvalue weighted by Gasteiger charge is 2.15. The predicted molar refractivity (Wildman–Crippen MR) is 78.1 cm³/mol. The van der Waals surface area contributed by atoms with Crippen molar-refractivity contribution in [1.82, 2.24) is 4.98 Å². The number of hydrogen-bond acceptors (Lipinski definition) is 3. The van der Waals surface area contributed by atoms with Crippen LogP contribution in [0.1, 0.15) is 16.2 Å². The highest BCUT2D eigenvalue weighted by Crippen LogP contribution is 2.18. The van der Waals surface area contributed by atoms with Gasteiger partial charge in [-0.1, -0.05) is 11.6 Å². The third-order valence-corrected chi connectivity index (χ3v) is 2.88. The molecule has 1 heterocycles. The van der Waals surface area contributed by atoms with Crippen LogP contribution in [-0.2, 0) is 4.79 Å². The molecule has 0 aliphatic carbocycles. The van der Waals surface area contributed by atoms with Crippen molar-refractivity contribution >= 4 is 29.2 Å². The Kier molecular flexibility index (Phi) is 4.49. The molecule has 2 rings (SSSR count). The van der Waals surface area contributed by atoms with E-state index in [1.807, 2.05) is 0 Å². The Bertz CT molecular complexity index is 664. The van der Waals surface area contributed by atoms with Crippen molar-refractivity contribution in [3.05, 3.63) is 46.7 Å². The molecule has 0 saturated heterocycles. The van der Waals surface area contributed by atoms with Crippen LogP contribution in [-0.4, -0.2) is 28.6 Å². The first-order chi connectivity index (χ1) is 9.95. The smallest absolute Gasteiger partial charge is 0.354 e. The number of rotatable bonds is 5.